The smallest absolute Gasteiger partial charge is 0.231 e. The fourth-order valence-corrected chi connectivity index (χ4v) is 3.54. The van der Waals surface area contributed by atoms with Crippen LogP contribution in [-0.4, -0.2) is 17.0 Å². The third kappa shape index (κ3) is 1.87. The molecule has 2 aromatic rings. The summed E-state index contributed by atoms with van der Waals surface area (Å²) in [7, 11) is 0. The number of anilines is 1. The van der Waals surface area contributed by atoms with Crippen molar-refractivity contribution in [1.82, 2.24) is 10.2 Å². The quantitative estimate of drug-likeness (QED) is 0.888. The van der Waals surface area contributed by atoms with Gasteiger partial charge in [-0.2, -0.15) is 5.10 Å². The second-order valence-corrected chi connectivity index (χ2v) is 6.19. The third-order valence-corrected chi connectivity index (χ3v) is 4.77. The Labute approximate surface area is 123 Å². The summed E-state index contributed by atoms with van der Waals surface area (Å²) in [5, 5.41) is 7.43. The Morgan fingerprint density at radius 2 is 1.95 bits per heavy atom. The number of rotatable bonds is 2. The van der Waals surface area contributed by atoms with Gasteiger partial charge in [0.2, 0.25) is 6.79 Å². The number of benzene rings is 1. The highest BCUT2D eigenvalue weighted by atomic mass is 16.7. The average molecular weight is 285 g/mol. The number of aromatic nitrogens is 2. The number of nitrogens with zero attached hydrogens (tertiary/aromatic N) is 1. The van der Waals surface area contributed by atoms with Crippen molar-refractivity contribution in [2.24, 2.45) is 0 Å². The van der Waals surface area contributed by atoms with Gasteiger partial charge in [-0.1, -0.05) is 25.8 Å². The predicted molar refractivity (Wildman–Crippen MR) is 80.4 cm³/mol. The molecule has 1 aromatic heterocycles. The second-order valence-electron chi connectivity index (χ2n) is 6.19. The number of ether oxygens (including phenoxy) is 2. The molecular formula is C16H19N3O2. The SMILES string of the molecule is CC1(c2[nH]nc(N)c2-c2ccc3c(c2)OCO3)CCCC1. The van der Waals surface area contributed by atoms with Crippen LogP contribution in [0.25, 0.3) is 11.1 Å². The van der Waals surface area contributed by atoms with Crippen molar-refractivity contribution in [2.45, 2.75) is 38.0 Å². The topological polar surface area (TPSA) is 73.2 Å². The Morgan fingerprint density at radius 3 is 2.76 bits per heavy atom. The van der Waals surface area contributed by atoms with E-state index >= 15 is 0 Å². The lowest BCUT2D eigenvalue weighted by Gasteiger charge is -2.23. The molecule has 110 valence electrons. The molecule has 3 N–H and O–H groups in total. The van der Waals surface area contributed by atoms with Crippen molar-refractivity contribution >= 4 is 5.82 Å². The summed E-state index contributed by atoms with van der Waals surface area (Å²) in [5.74, 6) is 2.11. The van der Waals surface area contributed by atoms with E-state index in [1.165, 1.54) is 25.7 Å². The van der Waals surface area contributed by atoms with Crippen molar-refractivity contribution in [1.29, 1.82) is 0 Å². The van der Waals surface area contributed by atoms with Crippen LogP contribution in [0.3, 0.4) is 0 Å². The van der Waals surface area contributed by atoms with Crippen LogP contribution < -0.4 is 15.2 Å². The molecule has 0 spiro atoms. The summed E-state index contributed by atoms with van der Waals surface area (Å²) in [6.07, 6.45) is 4.87. The monoisotopic (exact) mass is 285 g/mol. The predicted octanol–water partition coefficient (Wildman–Crippen LogP) is 3.22. The molecule has 2 heterocycles. The van der Waals surface area contributed by atoms with E-state index < -0.39 is 0 Å². The molecule has 0 amide bonds. The number of nitrogen functional groups attached to an aromatic ring is 1. The highest BCUT2D eigenvalue weighted by Crippen LogP contribution is 2.46. The van der Waals surface area contributed by atoms with Crippen molar-refractivity contribution < 1.29 is 9.47 Å². The molecule has 0 unspecified atom stereocenters. The first-order valence-corrected chi connectivity index (χ1v) is 7.42. The van der Waals surface area contributed by atoms with Gasteiger partial charge in [-0.3, -0.25) is 5.10 Å². The summed E-state index contributed by atoms with van der Waals surface area (Å²) in [5.41, 5.74) is 9.46. The number of H-pyrrole nitrogens is 1. The molecule has 4 rings (SSSR count). The van der Waals surface area contributed by atoms with Gasteiger partial charge in [0.1, 0.15) is 0 Å². The van der Waals surface area contributed by atoms with Gasteiger partial charge in [0.05, 0.1) is 5.69 Å². The van der Waals surface area contributed by atoms with E-state index in [4.69, 9.17) is 15.2 Å². The molecule has 1 aliphatic carbocycles. The molecule has 1 aromatic carbocycles. The summed E-state index contributed by atoms with van der Waals surface area (Å²) in [4.78, 5) is 0. The molecule has 21 heavy (non-hydrogen) atoms. The largest absolute Gasteiger partial charge is 0.454 e. The zero-order valence-electron chi connectivity index (χ0n) is 12.1. The molecule has 0 bridgehead atoms. The zero-order chi connectivity index (χ0) is 14.4. The van der Waals surface area contributed by atoms with Gasteiger partial charge in [0.25, 0.3) is 0 Å². The van der Waals surface area contributed by atoms with Crippen LogP contribution in [0.15, 0.2) is 18.2 Å². The Balaban J connectivity index is 1.83. The molecule has 0 atom stereocenters. The van der Waals surface area contributed by atoms with Crippen LogP contribution >= 0.6 is 0 Å². The summed E-state index contributed by atoms with van der Waals surface area (Å²) in [6.45, 7) is 2.58. The Kier molecular flexibility index (Phi) is 2.64. The van der Waals surface area contributed by atoms with Crippen LogP contribution in [0.4, 0.5) is 5.82 Å². The number of aromatic amines is 1. The number of nitrogens with one attached hydrogen (secondary N) is 1. The second kappa shape index (κ2) is 4.41. The van der Waals surface area contributed by atoms with Gasteiger partial charge in [-0.25, -0.2) is 0 Å². The van der Waals surface area contributed by atoms with E-state index in [1.54, 1.807) is 0 Å². The van der Waals surface area contributed by atoms with Crippen molar-refractivity contribution in [3.8, 4) is 22.6 Å². The fourth-order valence-electron chi connectivity index (χ4n) is 3.54. The van der Waals surface area contributed by atoms with Crippen LogP contribution in [0.5, 0.6) is 11.5 Å². The maximum atomic E-state index is 6.13. The lowest BCUT2D eigenvalue weighted by Crippen LogP contribution is -2.18. The van der Waals surface area contributed by atoms with Gasteiger partial charge in [0, 0.05) is 11.0 Å². The molecule has 5 heteroatoms. The van der Waals surface area contributed by atoms with Gasteiger partial charge < -0.3 is 15.2 Å². The van der Waals surface area contributed by atoms with E-state index in [1.807, 2.05) is 18.2 Å². The average Bonchev–Trinajstić information content (AvgIpc) is 3.17. The number of hydrogen-bond donors (Lipinski definition) is 2. The Morgan fingerprint density at radius 1 is 1.19 bits per heavy atom. The van der Waals surface area contributed by atoms with Gasteiger partial charge in [-0.05, 0) is 30.5 Å². The molecule has 5 nitrogen and oxygen atoms in total. The van der Waals surface area contributed by atoms with E-state index in [0.29, 0.717) is 5.82 Å². The molecule has 1 saturated carbocycles. The standard InChI is InChI=1S/C16H19N3O2/c1-16(6-2-3-7-16)14-13(15(17)19-18-14)10-4-5-11-12(8-10)21-9-20-11/h4-5,8H,2-3,6-7,9H2,1H3,(H3,17,18,19). The minimum absolute atomic E-state index is 0.135. The molecular weight excluding hydrogens is 266 g/mol. The lowest BCUT2D eigenvalue weighted by atomic mass is 9.81. The molecule has 1 fully saturated rings. The summed E-state index contributed by atoms with van der Waals surface area (Å²) in [6, 6.07) is 5.95. The third-order valence-electron chi connectivity index (χ3n) is 4.77. The Hall–Kier alpha value is -2.17. The number of hydrogen-bond acceptors (Lipinski definition) is 4. The van der Waals surface area contributed by atoms with E-state index in [-0.39, 0.29) is 12.2 Å². The lowest BCUT2D eigenvalue weighted by molar-refractivity contribution is 0.174. The minimum atomic E-state index is 0.135. The van der Waals surface area contributed by atoms with Crippen molar-refractivity contribution in [3.05, 3.63) is 23.9 Å². The first-order valence-electron chi connectivity index (χ1n) is 7.42. The maximum Gasteiger partial charge on any atom is 0.231 e. The van der Waals surface area contributed by atoms with Crippen LogP contribution in [-0.2, 0) is 5.41 Å². The Bertz CT molecular complexity index is 687. The van der Waals surface area contributed by atoms with E-state index in [0.717, 1.165) is 28.3 Å². The van der Waals surface area contributed by atoms with Crippen LogP contribution in [0, 0.1) is 0 Å². The molecule has 0 saturated heterocycles. The van der Waals surface area contributed by atoms with E-state index in [2.05, 4.69) is 17.1 Å². The summed E-state index contributed by atoms with van der Waals surface area (Å²) < 4.78 is 10.8. The van der Waals surface area contributed by atoms with E-state index in [9.17, 15) is 0 Å². The molecule has 0 radical (unpaired) electrons. The van der Waals surface area contributed by atoms with Crippen LogP contribution in [0.1, 0.15) is 38.3 Å². The van der Waals surface area contributed by atoms with Crippen molar-refractivity contribution in [2.75, 3.05) is 12.5 Å². The van der Waals surface area contributed by atoms with Gasteiger partial charge in [0.15, 0.2) is 17.3 Å². The minimum Gasteiger partial charge on any atom is -0.454 e. The molecule has 2 aliphatic rings. The van der Waals surface area contributed by atoms with Crippen molar-refractivity contribution in [3.63, 3.8) is 0 Å². The van der Waals surface area contributed by atoms with Gasteiger partial charge >= 0.3 is 0 Å². The zero-order valence-corrected chi connectivity index (χ0v) is 12.1. The maximum absolute atomic E-state index is 6.13. The van der Waals surface area contributed by atoms with Gasteiger partial charge in [-0.15, -0.1) is 0 Å². The normalized spacial score (nSPS) is 19.1. The summed E-state index contributed by atoms with van der Waals surface area (Å²) >= 11 is 0. The molecule has 1 aliphatic heterocycles. The highest BCUT2D eigenvalue weighted by molar-refractivity contribution is 5.79. The fraction of sp³-hybridized carbons (Fsp3) is 0.438. The first kappa shape index (κ1) is 12.6. The van der Waals surface area contributed by atoms with Crippen LogP contribution in [0.2, 0.25) is 0 Å². The first-order chi connectivity index (χ1) is 10.2. The number of fused-ring (bicyclic) bond motifs is 1. The highest BCUT2D eigenvalue weighted by Gasteiger charge is 2.35. The number of nitrogens with two attached hydrogens (primary N) is 1.